The van der Waals surface area contributed by atoms with E-state index in [4.69, 9.17) is 0 Å². The Kier molecular flexibility index (Phi) is 7.06. The number of hydrogen-bond acceptors (Lipinski definition) is 2. The summed E-state index contributed by atoms with van der Waals surface area (Å²) in [6.45, 7) is 11.9. The third-order valence-electron chi connectivity index (χ3n) is 3.40. The third-order valence-corrected chi connectivity index (χ3v) is 3.40. The van der Waals surface area contributed by atoms with Crippen LogP contribution < -0.4 is 5.32 Å². The lowest BCUT2D eigenvalue weighted by Gasteiger charge is -2.26. The van der Waals surface area contributed by atoms with E-state index in [0.29, 0.717) is 0 Å². The normalized spacial score (nSPS) is 16.3. The van der Waals surface area contributed by atoms with Gasteiger partial charge in [-0.1, -0.05) is 6.92 Å². The first kappa shape index (κ1) is 14.0. The van der Waals surface area contributed by atoms with Crippen molar-refractivity contribution in [2.45, 2.75) is 58.9 Å². The van der Waals surface area contributed by atoms with Crippen LogP contribution in [0.1, 0.15) is 52.9 Å². The highest BCUT2D eigenvalue weighted by Crippen LogP contribution is 2.30. The number of nitrogens with one attached hydrogen (secondary N) is 1. The van der Waals surface area contributed by atoms with E-state index in [1.165, 1.54) is 58.3 Å². The average molecular weight is 226 g/mol. The lowest BCUT2D eigenvalue weighted by atomic mass is 10.2. The maximum Gasteiger partial charge on any atom is 0.00387 e. The van der Waals surface area contributed by atoms with Crippen molar-refractivity contribution < 1.29 is 0 Å². The molecule has 0 heterocycles. The molecule has 0 aromatic rings. The predicted octanol–water partition coefficient (Wildman–Crippen LogP) is 2.89. The van der Waals surface area contributed by atoms with Crippen LogP contribution in [0, 0.1) is 5.92 Å². The van der Waals surface area contributed by atoms with Gasteiger partial charge in [0.15, 0.2) is 0 Å². The average Bonchev–Trinajstić information content (AvgIpc) is 3.05. The molecule has 0 aromatic carbocycles. The first-order valence-electron chi connectivity index (χ1n) is 7.18. The smallest absolute Gasteiger partial charge is 0.00387 e. The van der Waals surface area contributed by atoms with E-state index < -0.39 is 0 Å². The zero-order valence-corrected chi connectivity index (χ0v) is 11.5. The molecule has 0 atom stereocenters. The van der Waals surface area contributed by atoms with Gasteiger partial charge in [-0.25, -0.2) is 0 Å². The Balaban J connectivity index is 1.98. The molecule has 1 saturated carbocycles. The molecular weight excluding hydrogens is 196 g/mol. The Hall–Kier alpha value is -0.0800. The highest BCUT2D eigenvalue weighted by Gasteiger charge is 2.24. The molecule has 2 heteroatoms. The van der Waals surface area contributed by atoms with Crippen LogP contribution in [0.2, 0.25) is 0 Å². The topological polar surface area (TPSA) is 15.3 Å². The largest absolute Gasteiger partial charge is 0.317 e. The summed E-state index contributed by atoms with van der Waals surface area (Å²) in [5, 5.41) is 3.47. The molecule has 0 unspecified atom stereocenters. The van der Waals surface area contributed by atoms with Crippen LogP contribution in [0.25, 0.3) is 0 Å². The Labute approximate surface area is 102 Å². The van der Waals surface area contributed by atoms with Crippen LogP contribution in [0.4, 0.5) is 0 Å². The quantitative estimate of drug-likeness (QED) is 0.576. The molecule has 2 nitrogen and oxygen atoms in total. The van der Waals surface area contributed by atoms with Crippen LogP contribution >= 0.6 is 0 Å². The molecule has 1 aliphatic carbocycles. The van der Waals surface area contributed by atoms with Gasteiger partial charge in [-0.05, 0) is 71.5 Å². The highest BCUT2D eigenvalue weighted by molar-refractivity contribution is 4.78. The van der Waals surface area contributed by atoms with Crippen LogP contribution in [-0.4, -0.2) is 37.1 Å². The van der Waals surface area contributed by atoms with Crippen molar-refractivity contribution in [3.63, 3.8) is 0 Å². The van der Waals surface area contributed by atoms with Crippen LogP contribution in [0.5, 0.6) is 0 Å². The standard InChI is InChI=1S/C14H30N2/c1-4-9-15-10-5-6-11-16(13(2)3)12-14-7-8-14/h13-15H,4-12H2,1-3H3. The van der Waals surface area contributed by atoms with E-state index in [-0.39, 0.29) is 0 Å². The van der Waals surface area contributed by atoms with Gasteiger partial charge in [-0.3, -0.25) is 0 Å². The highest BCUT2D eigenvalue weighted by atomic mass is 15.1. The molecule has 1 N–H and O–H groups in total. The first-order chi connectivity index (χ1) is 7.74. The molecule has 1 rings (SSSR count). The summed E-state index contributed by atoms with van der Waals surface area (Å²) >= 11 is 0. The van der Waals surface area contributed by atoms with Crippen molar-refractivity contribution in [2.24, 2.45) is 5.92 Å². The monoisotopic (exact) mass is 226 g/mol. The van der Waals surface area contributed by atoms with E-state index in [1.54, 1.807) is 0 Å². The summed E-state index contributed by atoms with van der Waals surface area (Å²) in [5.41, 5.74) is 0. The van der Waals surface area contributed by atoms with Crippen LogP contribution in [0.15, 0.2) is 0 Å². The molecule has 96 valence electrons. The van der Waals surface area contributed by atoms with E-state index in [9.17, 15) is 0 Å². The summed E-state index contributed by atoms with van der Waals surface area (Å²) < 4.78 is 0. The minimum atomic E-state index is 0.726. The van der Waals surface area contributed by atoms with Gasteiger partial charge >= 0.3 is 0 Å². The maximum absolute atomic E-state index is 3.47. The molecule has 0 aliphatic heterocycles. The van der Waals surface area contributed by atoms with E-state index in [0.717, 1.165) is 12.0 Å². The molecule has 0 spiro atoms. The second-order valence-corrected chi connectivity index (χ2v) is 5.49. The van der Waals surface area contributed by atoms with Gasteiger partial charge in [-0.15, -0.1) is 0 Å². The summed E-state index contributed by atoms with van der Waals surface area (Å²) in [6.07, 6.45) is 6.87. The Morgan fingerprint density at radius 1 is 1.19 bits per heavy atom. The minimum absolute atomic E-state index is 0.726. The van der Waals surface area contributed by atoms with Gasteiger partial charge in [0.05, 0.1) is 0 Å². The maximum atomic E-state index is 3.47. The number of nitrogens with zero attached hydrogens (tertiary/aromatic N) is 1. The van der Waals surface area contributed by atoms with Crippen molar-refractivity contribution >= 4 is 0 Å². The summed E-state index contributed by atoms with van der Waals surface area (Å²) in [6, 6.07) is 0.726. The minimum Gasteiger partial charge on any atom is -0.317 e. The van der Waals surface area contributed by atoms with Crippen LogP contribution in [0.3, 0.4) is 0 Å². The number of unbranched alkanes of at least 4 members (excludes halogenated alkanes) is 1. The molecule has 0 aromatic heterocycles. The third kappa shape index (κ3) is 6.49. The van der Waals surface area contributed by atoms with Gasteiger partial charge in [0.25, 0.3) is 0 Å². The Bertz CT molecular complexity index is 164. The van der Waals surface area contributed by atoms with E-state index >= 15 is 0 Å². The van der Waals surface area contributed by atoms with E-state index in [1.807, 2.05) is 0 Å². The molecule has 0 saturated heterocycles. The molecular formula is C14H30N2. The van der Waals surface area contributed by atoms with Crippen molar-refractivity contribution in [1.82, 2.24) is 10.2 Å². The van der Waals surface area contributed by atoms with Gasteiger partial charge in [-0.2, -0.15) is 0 Å². The van der Waals surface area contributed by atoms with Gasteiger partial charge in [0, 0.05) is 12.6 Å². The van der Waals surface area contributed by atoms with Crippen molar-refractivity contribution in [3.8, 4) is 0 Å². The van der Waals surface area contributed by atoms with Gasteiger partial charge < -0.3 is 10.2 Å². The van der Waals surface area contributed by atoms with E-state index in [2.05, 4.69) is 31.0 Å². The molecule has 0 amide bonds. The van der Waals surface area contributed by atoms with Crippen molar-refractivity contribution in [2.75, 3.05) is 26.2 Å². The fourth-order valence-electron chi connectivity index (χ4n) is 2.06. The Morgan fingerprint density at radius 2 is 1.94 bits per heavy atom. The SMILES string of the molecule is CCCNCCCCN(CC1CC1)C(C)C. The summed E-state index contributed by atoms with van der Waals surface area (Å²) in [4.78, 5) is 2.66. The lowest BCUT2D eigenvalue weighted by Crippen LogP contribution is -2.34. The number of hydrogen-bond donors (Lipinski definition) is 1. The second kappa shape index (κ2) is 8.08. The zero-order chi connectivity index (χ0) is 11.8. The molecule has 0 bridgehead atoms. The fourth-order valence-corrected chi connectivity index (χ4v) is 2.06. The molecule has 16 heavy (non-hydrogen) atoms. The lowest BCUT2D eigenvalue weighted by molar-refractivity contribution is 0.208. The van der Waals surface area contributed by atoms with Gasteiger partial charge in [0.1, 0.15) is 0 Å². The number of rotatable bonds is 10. The van der Waals surface area contributed by atoms with Crippen molar-refractivity contribution in [3.05, 3.63) is 0 Å². The second-order valence-electron chi connectivity index (χ2n) is 5.49. The fraction of sp³-hybridized carbons (Fsp3) is 1.00. The molecule has 1 fully saturated rings. The van der Waals surface area contributed by atoms with Gasteiger partial charge in [0.2, 0.25) is 0 Å². The molecule has 0 radical (unpaired) electrons. The Morgan fingerprint density at radius 3 is 2.50 bits per heavy atom. The first-order valence-corrected chi connectivity index (χ1v) is 7.18. The zero-order valence-electron chi connectivity index (χ0n) is 11.5. The summed E-state index contributed by atoms with van der Waals surface area (Å²) in [5.74, 6) is 1.03. The molecule has 1 aliphatic rings. The predicted molar refractivity (Wildman–Crippen MR) is 71.8 cm³/mol. The summed E-state index contributed by atoms with van der Waals surface area (Å²) in [7, 11) is 0. The van der Waals surface area contributed by atoms with Crippen LogP contribution in [-0.2, 0) is 0 Å². The van der Waals surface area contributed by atoms with Crippen molar-refractivity contribution in [1.29, 1.82) is 0 Å².